The minimum Gasteiger partial charge on any atom is -0.493 e. The molecule has 9 heteroatoms. The van der Waals surface area contributed by atoms with Gasteiger partial charge in [-0.05, 0) is 42.2 Å². The molecule has 1 amide bonds. The van der Waals surface area contributed by atoms with Crippen molar-refractivity contribution in [2.45, 2.75) is 32.7 Å². The zero-order valence-corrected chi connectivity index (χ0v) is 25.3. The summed E-state index contributed by atoms with van der Waals surface area (Å²) < 4.78 is 11.6. The van der Waals surface area contributed by atoms with Crippen LogP contribution in [0.25, 0.3) is 0 Å². The van der Waals surface area contributed by atoms with Crippen molar-refractivity contribution < 1.29 is 19.1 Å². The largest absolute Gasteiger partial charge is 0.493 e. The number of hydrogen-bond acceptors (Lipinski definition) is 8. The average molecular weight is 582 g/mol. The van der Waals surface area contributed by atoms with Crippen molar-refractivity contribution >= 4 is 28.9 Å². The highest BCUT2D eigenvalue weighted by molar-refractivity contribution is 6.02. The van der Waals surface area contributed by atoms with Crippen molar-refractivity contribution in [3.63, 3.8) is 0 Å². The molecule has 6 rings (SSSR count). The molecule has 1 unspecified atom stereocenters. The molecule has 0 saturated carbocycles. The number of nitrogens with zero attached hydrogens (tertiary/aromatic N) is 4. The fourth-order valence-electron chi connectivity index (χ4n) is 6.65. The number of hydrogen-bond donors (Lipinski definition) is 1. The maximum absolute atomic E-state index is 14.1. The van der Waals surface area contributed by atoms with Gasteiger partial charge in [0.25, 0.3) is 0 Å². The number of nitrogens with one attached hydrogen (secondary N) is 1. The van der Waals surface area contributed by atoms with Gasteiger partial charge in [-0.2, -0.15) is 0 Å². The number of pyridine rings is 1. The van der Waals surface area contributed by atoms with Crippen LogP contribution < -0.4 is 24.6 Å². The SMILES string of the molecule is COc1cccc(C2C3=C(CC(C)(C)CC3=O)Nc3ccccc3N2CC(=O)N2CCN(c3ccccn3)CC2)c1OC. The number of aromatic nitrogens is 1. The number of ketones is 1. The van der Waals surface area contributed by atoms with E-state index < -0.39 is 6.04 Å². The molecule has 1 N–H and O–H groups in total. The Kier molecular flexibility index (Phi) is 7.73. The molecule has 9 nitrogen and oxygen atoms in total. The van der Waals surface area contributed by atoms with Crippen molar-refractivity contribution in [1.29, 1.82) is 0 Å². The zero-order valence-electron chi connectivity index (χ0n) is 25.3. The summed E-state index contributed by atoms with van der Waals surface area (Å²) in [5.41, 5.74) is 3.89. The van der Waals surface area contributed by atoms with Gasteiger partial charge in [-0.25, -0.2) is 4.98 Å². The number of benzene rings is 2. The monoisotopic (exact) mass is 581 g/mol. The maximum atomic E-state index is 14.1. The number of para-hydroxylation sites is 3. The minimum atomic E-state index is -0.557. The number of anilines is 3. The lowest BCUT2D eigenvalue weighted by Crippen LogP contribution is -2.52. The topological polar surface area (TPSA) is 87.2 Å². The highest BCUT2D eigenvalue weighted by atomic mass is 16.5. The molecule has 3 heterocycles. The smallest absolute Gasteiger partial charge is 0.242 e. The number of carbonyl (C=O) groups excluding carboxylic acids is 2. The predicted molar refractivity (Wildman–Crippen MR) is 168 cm³/mol. The van der Waals surface area contributed by atoms with E-state index in [-0.39, 0.29) is 23.7 Å². The number of rotatable bonds is 6. The Morgan fingerprint density at radius 3 is 2.44 bits per heavy atom. The van der Waals surface area contributed by atoms with Crippen LogP contribution in [0.2, 0.25) is 0 Å². The van der Waals surface area contributed by atoms with Gasteiger partial charge < -0.3 is 29.5 Å². The molecule has 1 atom stereocenters. The predicted octanol–water partition coefficient (Wildman–Crippen LogP) is 5.06. The summed E-state index contributed by atoms with van der Waals surface area (Å²) in [5.74, 6) is 2.14. The van der Waals surface area contributed by atoms with E-state index in [1.54, 1.807) is 20.4 Å². The number of methoxy groups -OCH3 is 2. The highest BCUT2D eigenvalue weighted by Crippen LogP contribution is 2.50. The number of allylic oxidation sites excluding steroid dienone is 1. The zero-order chi connectivity index (χ0) is 30.1. The second-order valence-electron chi connectivity index (χ2n) is 12.1. The van der Waals surface area contributed by atoms with E-state index in [9.17, 15) is 9.59 Å². The third-order valence-electron chi connectivity index (χ3n) is 8.64. The van der Waals surface area contributed by atoms with Gasteiger partial charge in [0.15, 0.2) is 17.3 Å². The summed E-state index contributed by atoms with van der Waals surface area (Å²) >= 11 is 0. The van der Waals surface area contributed by atoms with E-state index in [1.807, 2.05) is 65.6 Å². The third kappa shape index (κ3) is 5.51. The third-order valence-corrected chi connectivity index (χ3v) is 8.64. The van der Waals surface area contributed by atoms with Crippen LogP contribution in [0.5, 0.6) is 11.5 Å². The van der Waals surface area contributed by atoms with Crippen molar-refractivity contribution in [3.8, 4) is 11.5 Å². The lowest BCUT2D eigenvalue weighted by Gasteiger charge is -2.40. The van der Waals surface area contributed by atoms with Crippen LogP contribution in [0.15, 0.2) is 78.1 Å². The first-order valence-corrected chi connectivity index (χ1v) is 14.8. The van der Waals surface area contributed by atoms with Gasteiger partial charge in [0, 0.05) is 55.6 Å². The summed E-state index contributed by atoms with van der Waals surface area (Å²) in [4.78, 5) is 38.9. The van der Waals surface area contributed by atoms with E-state index in [2.05, 4.69) is 33.9 Å². The molecule has 3 aromatic rings. The Morgan fingerprint density at radius 1 is 0.953 bits per heavy atom. The van der Waals surface area contributed by atoms with Gasteiger partial charge >= 0.3 is 0 Å². The van der Waals surface area contributed by atoms with Crippen molar-refractivity contribution in [2.24, 2.45) is 5.41 Å². The number of amides is 1. The lowest BCUT2D eigenvalue weighted by atomic mass is 9.73. The number of ether oxygens (including phenoxy) is 2. The normalized spacial score (nSPS) is 19.7. The van der Waals surface area contributed by atoms with E-state index >= 15 is 0 Å². The maximum Gasteiger partial charge on any atom is 0.242 e. The molecule has 2 aliphatic heterocycles. The number of piperazine rings is 1. The molecule has 224 valence electrons. The second kappa shape index (κ2) is 11.6. The molecule has 0 radical (unpaired) electrons. The summed E-state index contributed by atoms with van der Waals surface area (Å²) in [6, 6.07) is 19.0. The Labute approximate surface area is 253 Å². The fraction of sp³-hybridized carbons (Fsp3) is 0.382. The molecule has 2 aromatic carbocycles. The number of Topliss-reactive ketones (excluding diaryl/α,β-unsaturated/α-hetero) is 1. The Morgan fingerprint density at radius 2 is 1.72 bits per heavy atom. The van der Waals surface area contributed by atoms with Gasteiger partial charge in [-0.3, -0.25) is 9.59 Å². The molecule has 1 aliphatic carbocycles. The van der Waals surface area contributed by atoms with Crippen LogP contribution >= 0.6 is 0 Å². The summed E-state index contributed by atoms with van der Waals surface area (Å²) in [7, 11) is 3.22. The van der Waals surface area contributed by atoms with E-state index in [4.69, 9.17) is 9.47 Å². The average Bonchev–Trinajstić information content (AvgIpc) is 3.14. The lowest BCUT2D eigenvalue weighted by molar-refractivity contribution is -0.130. The van der Waals surface area contributed by atoms with Crippen molar-refractivity contribution in [3.05, 3.63) is 83.7 Å². The molecule has 1 saturated heterocycles. The summed E-state index contributed by atoms with van der Waals surface area (Å²) in [6.45, 7) is 6.95. The summed E-state index contributed by atoms with van der Waals surface area (Å²) in [5, 5.41) is 3.63. The second-order valence-corrected chi connectivity index (χ2v) is 12.1. The molecule has 0 bridgehead atoms. The quantitative estimate of drug-likeness (QED) is 0.432. The van der Waals surface area contributed by atoms with E-state index in [0.29, 0.717) is 56.1 Å². The van der Waals surface area contributed by atoms with E-state index in [1.165, 1.54) is 0 Å². The van der Waals surface area contributed by atoms with Crippen LogP contribution in [-0.2, 0) is 9.59 Å². The summed E-state index contributed by atoms with van der Waals surface area (Å²) in [6.07, 6.45) is 2.92. The number of fused-ring (bicyclic) bond motifs is 1. The van der Waals surface area contributed by atoms with Gasteiger partial charge in [-0.15, -0.1) is 0 Å². The van der Waals surface area contributed by atoms with E-state index in [0.717, 1.165) is 28.5 Å². The molecule has 43 heavy (non-hydrogen) atoms. The van der Waals surface area contributed by atoms with Crippen LogP contribution in [0.4, 0.5) is 17.2 Å². The van der Waals surface area contributed by atoms with Crippen molar-refractivity contribution in [2.75, 3.05) is 62.1 Å². The fourth-order valence-corrected chi connectivity index (χ4v) is 6.65. The Bertz CT molecular complexity index is 1550. The molecule has 1 fully saturated rings. The Hall–Kier alpha value is -4.53. The minimum absolute atomic E-state index is 0.00924. The first-order chi connectivity index (χ1) is 20.8. The molecular weight excluding hydrogens is 542 g/mol. The Balaban J connectivity index is 1.41. The van der Waals surface area contributed by atoms with Gasteiger partial charge in [0.05, 0.1) is 38.2 Å². The van der Waals surface area contributed by atoms with Gasteiger partial charge in [0.1, 0.15) is 5.82 Å². The number of carbonyl (C=O) groups is 2. The van der Waals surface area contributed by atoms with Gasteiger partial charge in [-0.1, -0.05) is 44.2 Å². The highest BCUT2D eigenvalue weighted by Gasteiger charge is 2.43. The van der Waals surface area contributed by atoms with Crippen LogP contribution in [-0.4, -0.2) is 68.5 Å². The van der Waals surface area contributed by atoms with Crippen LogP contribution in [0, 0.1) is 5.41 Å². The molecule has 3 aliphatic rings. The van der Waals surface area contributed by atoms with Crippen LogP contribution in [0.1, 0.15) is 38.3 Å². The molecule has 1 aromatic heterocycles. The van der Waals surface area contributed by atoms with Crippen LogP contribution in [0.3, 0.4) is 0 Å². The standard InChI is InChI=1S/C34H39N5O4/c1-34(2)20-25-31(27(40)21-34)32(23-10-9-13-28(42-3)33(23)43-4)39(26-12-6-5-11-24(26)36-25)22-30(41)38-18-16-37(17-19-38)29-14-7-8-15-35-29/h5-15,32,36H,16-22H2,1-4H3. The molecular formula is C34H39N5O4. The first kappa shape index (κ1) is 28.6. The molecule has 0 spiro atoms. The first-order valence-electron chi connectivity index (χ1n) is 14.8. The van der Waals surface area contributed by atoms with Gasteiger partial charge in [0.2, 0.25) is 5.91 Å². The van der Waals surface area contributed by atoms with Crippen molar-refractivity contribution in [1.82, 2.24) is 9.88 Å².